The smallest absolute Gasteiger partial charge is 0.162 e. The monoisotopic (exact) mass is 408 g/mol. The number of nitrogens with two attached hydrogens (primary N) is 1. The van der Waals surface area contributed by atoms with Crippen LogP contribution in [0.3, 0.4) is 0 Å². The molecule has 0 fully saturated rings. The van der Waals surface area contributed by atoms with Crippen LogP contribution in [0.4, 0.5) is 5.69 Å². The second kappa shape index (κ2) is 8.68. The van der Waals surface area contributed by atoms with Crippen molar-refractivity contribution in [1.82, 2.24) is 15.0 Å². The van der Waals surface area contributed by atoms with E-state index in [0.717, 1.165) is 55.7 Å². The maximum atomic E-state index is 6.55. The van der Waals surface area contributed by atoms with E-state index < -0.39 is 0 Å². The quantitative estimate of drug-likeness (QED) is 0.337. The van der Waals surface area contributed by atoms with Crippen LogP contribution in [0.2, 0.25) is 0 Å². The summed E-state index contributed by atoms with van der Waals surface area (Å²) in [4.78, 5) is 14.8. The fourth-order valence-corrected chi connectivity index (χ4v) is 5.16. The van der Waals surface area contributed by atoms with E-state index in [9.17, 15) is 0 Å². The Kier molecular flexibility index (Phi) is 5.85. The average molecular weight is 409 g/mol. The molecule has 0 saturated heterocycles. The minimum Gasteiger partial charge on any atom is -0.397 e. The lowest BCUT2D eigenvalue weighted by Gasteiger charge is -2.07. The normalized spacial score (nSPS) is 11.2. The van der Waals surface area contributed by atoms with Crippen LogP contribution in [-0.4, -0.2) is 34.4 Å². The van der Waals surface area contributed by atoms with Crippen LogP contribution < -0.4 is 5.73 Å². The van der Waals surface area contributed by atoms with E-state index >= 15 is 0 Å². The molecule has 4 rings (SSSR count). The van der Waals surface area contributed by atoms with Gasteiger partial charge in [0.25, 0.3) is 0 Å². The van der Waals surface area contributed by atoms with E-state index in [4.69, 9.17) is 20.4 Å². The van der Waals surface area contributed by atoms with E-state index in [2.05, 4.69) is 17.1 Å². The number of benzene rings is 1. The summed E-state index contributed by atoms with van der Waals surface area (Å²) >= 11 is 3.38. The zero-order chi connectivity index (χ0) is 19.3. The molecule has 0 aliphatic heterocycles. The number of rotatable bonds is 7. The first-order chi connectivity index (χ1) is 13.8. The molecule has 0 spiro atoms. The molecule has 3 heterocycles. The van der Waals surface area contributed by atoms with Crippen LogP contribution in [0.1, 0.15) is 6.42 Å². The molecule has 0 aliphatic carbocycles. The summed E-state index contributed by atoms with van der Waals surface area (Å²) in [6.07, 6.45) is 4.51. The third-order valence-electron chi connectivity index (χ3n) is 4.25. The van der Waals surface area contributed by atoms with Gasteiger partial charge in [0, 0.05) is 43.0 Å². The third-order valence-corrected chi connectivity index (χ3v) is 6.72. The maximum Gasteiger partial charge on any atom is 0.162 e. The van der Waals surface area contributed by atoms with Gasteiger partial charge in [0.15, 0.2) is 5.82 Å². The van der Waals surface area contributed by atoms with Gasteiger partial charge in [0.1, 0.15) is 4.83 Å². The summed E-state index contributed by atoms with van der Waals surface area (Å²) in [5.41, 5.74) is 10.1. The van der Waals surface area contributed by atoms with Gasteiger partial charge in [-0.05, 0) is 18.6 Å². The number of methoxy groups -OCH3 is 1. The fourth-order valence-electron chi connectivity index (χ4n) is 2.91. The number of thioether (sulfide) groups is 1. The van der Waals surface area contributed by atoms with Crippen molar-refractivity contribution >= 4 is 39.0 Å². The number of nitrogen functional groups attached to an aromatic ring is 1. The number of thiophene rings is 1. The molecule has 5 nitrogen and oxygen atoms in total. The molecule has 7 heteroatoms. The summed E-state index contributed by atoms with van der Waals surface area (Å²) in [5.74, 6) is 1.62. The standard InChI is InChI=1S/C21H20N4OS2/c1-26-11-6-12-27-21-17(22)16-18(14-7-3-2-4-8-14)24-19(25-20(16)28-21)15-9-5-10-23-13-15/h2-5,7-10,13H,6,11-12,22H2,1H3. The number of nitrogens with zero attached hydrogens (tertiary/aromatic N) is 3. The first-order valence-corrected chi connectivity index (χ1v) is 10.8. The molecule has 0 unspecified atom stereocenters. The van der Waals surface area contributed by atoms with Gasteiger partial charge in [-0.1, -0.05) is 30.3 Å². The SMILES string of the molecule is COCCCSc1sc2nc(-c3cccnc3)nc(-c3ccccc3)c2c1N. The van der Waals surface area contributed by atoms with Crippen molar-refractivity contribution in [2.75, 3.05) is 25.2 Å². The highest BCUT2D eigenvalue weighted by Gasteiger charge is 2.19. The van der Waals surface area contributed by atoms with E-state index in [1.807, 2.05) is 30.3 Å². The van der Waals surface area contributed by atoms with Gasteiger partial charge in [-0.2, -0.15) is 0 Å². The van der Waals surface area contributed by atoms with Crippen molar-refractivity contribution in [2.24, 2.45) is 0 Å². The Labute approximate surface area is 172 Å². The van der Waals surface area contributed by atoms with Gasteiger partial charge in [-0.3, -0.25) is 4.98 Å². The molecule has 0 atom stereocenters. The number of anilines is 1. The molecule has 4 aromatic rings. The number of pyridine rings is 1. The maximum absolute atomic E-state index is 6.55. The molecular weight excluding hydrogens is 388 g/mol. The van der Waals surface area contributed by atoms with Gasteiger partial charge in [-0.25, -0.2) is 9.97 Å². The molecule has 28 heavy (non-hydrogen) atoms. The van der Waals surface area contributed by atoms with Crippen LogP contribution in [0.25, 0.3) is 32.9 Å². The number of hydrogen-bond acceptors (Lipinski definition) is 7. The van der Waals surface area contributed by atoms with Crippen molar-refractivity contribution in [3.05, 3.63) is 54.9 Å². The summed E-state index contributed by atoms with van der Waals surface area (Å²) in [6, 6.07) is 14.0. The van der Waals surface area contributed by atoms with Gasteiger partial charge in [0.2, 0.25) is 0 Å². The Bertz CT molecular complexity index is 1070. The van der Waals surface area contributed by atoms with E-state index in [0.29, 0.717) is 5.82 Å². The Balaban J connectivity index is 1.84. The average Bonchev–Trinajstić information content (AvgIpc) is 3.07. The number of aromatic nitrogens is 3. The Morgan fingerprint density at radius 3 is 2.64 bits per heavy atom. The number of fused-ring (bicyclic) bond motifs is 1. The molecule has 0 aliphatic rings. The van der Waals surface area contributed by atoms with Crippen molar-refractivity contribution in [1.29, 1.82) is 0 Å². The molecule has 142 valence electrons. The highest BCUT2D eigenvalue weighted by molar-refractivity contribution is 8.01. The summed E-state index contributed by atoms with van der Waals surface area (Å²) in [5, 5.41) is 0.929. The molecule has 0 radical (unpaired) electrons. The molecule has 1 aromatic carbocycles. The van der Waals surface area contributed by atoms with Crippen molar-refractivity contribution < 1.29 is 4.74 Å². The molecule has 0 bridgehead atoms. The number of hydrogen-bond donors (Lipinski definition) is 1. The van der Waals surface area contributed by atoms with Gasteiger partial charge in [0.05, 0.1) is 21.0 Å². The Morgan fingerprint density at radius 2 is 1.89 bits per heavy atom. The van der Waals surface area contributed by atoms with Crippen LogP contribution in [0.15, 0.2) is 59.1 Å². The van der Waals surface area contributed by atoms with Gasteiger partial charge < -0.3 is 10.5 Å². The summed E-state index contributed by atoms with van der Waals surface area (Å²) < 4.78 is 6.23. The third kappa shape index (κ3) is 3.87. The zero-order valence-electron chi connectivity index (χ0n) is 15.5. The predicted octanol–water partition coefficient (Wildman–Crippen LogP) is 5.13. The van der Waals surface area contributed by atoms with Gasteiger partial charge >= 0.3 is 0 Å². The molecule has 3 aromatic heterocycles. The molecule has 2 N–H and O–H groups in total. The van der Waals surface area contributed by atoms with Crippen molar-refractivity contribution in [3.8, 4) is 22.6 Å². The molecule has 0 saturated carbocycles. The second-order valence-corrected chi connectivity index (χ2v) is 8.54. The van der Waals surface area contributed by atoms with E-state index in [-0.39, 0.29) is 0 Å². The van der Waals surface area contributed by atoms with E-state index in [1.54, 1.807) is 42.6 Å². The predicted molar refractivity (Wildman–Crippen MR) is 118 cm³/mol. The summed E-state index contributed by atoms with van der Waals surface area (Å²) in [7, 11) is 1.72. The molecule has 0 amide bonds. The van der Waals surface area contributed by atoms with Gasteiger partial charge in [-0.15, -0.1) is 23.1 Å². The van der Waals surface area contributed by atoms with Crippen LogP contribution in [0, 0.1) is 0 Å². The van der Waals surface area contributed by atoms with Crippen molar-refractivity contribution in [3.63, 3.8) is 0 Å². The largest absolute Gasteiger partial charge is 0.397 e. The minimum atomic E-state index is 0.664. The van der Waals surface area contributed by atoms with E-state index in [1.165, 1.54) is 0 Å². The molecular formula is C21H20N4OS2. The lowest BCUT2D eigenvalue weighted by molar-refractivity contribution is 0.200. The number of ether oxygens (including phenoxy) is 1. The van der Waals surface area contributed by atoms with Crippen LogP contribution in [0.5, 0.6) is 0 Å². The second-order valence-electron chi connectivity index (χ2n) is 6.18. The van der Waals surface area contributed by atoms with Crippen LogP contribution >= 0.6 is 23.1 Å². The van der Waals surface area contributed by atoms with Crippen molar-refractivity contribution in [2.45, 2.75) is 10.6 Å². The topological polar surface area (TPSA) is 73.9 Å². The fraction of sp³-hybridized carbons (Fsp3) is 0.190. The minimum absolute atomic E-state index is 0.664. The Morgan fingerprint density at radius 1 is 1.07 bits per heavy atom. The first kappa shape index (κ1) is 18.9. The zero-order valence-corrected chi connectivity index (χ0v) is 17.1. The highest BCUT2D eigenvalue weighted by atomic mass is 32.2. The lowest BCUT2D eigenvalue weighted by atomic mass is 10.1. The Hall–Kier alpha value is -2.48. The summed E-state index contributed by atoms with van der Waals surface area (Å²) in [6.45, 7) is 0.748. The first-order valence-electron chi connectivity index (χ1n) is 8.95. The highest BCUT2D eigenvalue weighted by Crippen LogP contribution is 2.44. The van der Waals surface area contributed by atoms with Crippen LogP contribution in [-0.2, 0) is 4.74 Å². The lowest BCUT2D eigenvalue weighted by Crippen LogP contribution is -1.95.